The third kappa shape index (κ3) is 5.02. The zero-order chi connectivity index (χ0) is 13.6. The summed E-state index contributed by atoms with van der Waals surface area (Å²) in [5, 5.41) is 9.17. The van der Waals surface area contributed by atoms with E-state index in [1.807, 2.05) is 6.92 Å². The van der Waals surface area contributed by atoms with Crippen molar-refractivity contribution in [3.8, 4) is 0 Å². The quantitative estimate of drug-likeness (QED) is 0.550. The van der Waals surface area contributed by atoms with Gasteiger partial charge in [-0.15, -0.1) is 0 Å². The van der Waals surface area contributed by atoms with E-state index in [-0.39, 0.29) is 5.57 Å². The Morgan fingerprint density at radius 1 is 1.41 bits per heavy atom. The first-order valence-corrected chi connectivity index (χ1v) is 5.84. The summed E-state index contributed by atoms with van der Waals surface area (Å²) in [6, 6.07) is 0. The fourth-order valence-corrected chi connectivity index (χ4v) is 1.57. The lowest BCUT2D eigenvalue weighted by Gasteiger charge is -2.31. The standard InChI is InChI=1S/C13H22O4/c1-6-7-8-10(11(14)15)13(4,5)17-12(16)9(2)3/h10H,2,6-8H2,1,3-5H3,(H,14,15). The van der Waals surface area contributed by atoms with E-state index in [9.17, 15) is 14.7 Å². The molecule has 0 aromatic carbocycles. The van der Waals surface area contributed by atoms with Crippen molar-refractivity contribution < 1.29 is 19.4 Å². The number of esters is 1. The van der Waals surface area contributed by atoms with Crippen LogP contribution in [0.3, 0.4) is 0 Å². The van der Waals surface area contributed by atoms with Gasteiger partial charge in [-0.1, -0.05) is 26.3 Å². The van der Waals surface area contributed by atoms with E-state index in [0.29, 0.717) is 6.42 Å². The van der Waals surface area contributed by atoms with Crippen LogP contribution in [0, 0.1) is 5.92 Å². The minimum Gasteiger partial charge on any atom is -0.481 e. The lowest BCUT2D eigenvalue weighted by molar-refractivity contribution is -0.166. The van der Waals surface area contributed by atoms with Gasteiger partial charge in [0.25, 0.3) is 0 Å². The van der Waals surface area contributed by atoms with Crippen LogP contribution in [0.1, 0.15) is 47.0 Å². The van der Waals surface area contributed by atoms with Crippen LogP contribution in [-0.4, -0.2) is 22.6 Å². The molecule has 0 saturated heterocycles. The second-order valence-electron chi connectivity index (χ2n) is 4.81. The first kappa shape index (κ1) is 15.7. The molecule has 0 aliphatic heterocycles. The second kappa shape index (κ2) is 6.42. The van der Waals surface area contributed by atoms with Crippen LogP contribution in [0.4, 0.5) is 0 Å². The van der Waals surface area contributed by atoms with E-state index in [0.717, 1.165) is 12.8 Å². The van der Waals surface area contributed by atoms with Crippen molar-refractivity contribution in [3.63, 3.8) is 0 Å². The Hall–Kier alpha value is -1.32. The molecule has 0 aromatic rings. The van der Waals surface area contributed by atoms with E-state index < -0.39 is 23.5 Å². The van der Waals surface area contributed by atoms with Crippen LogP contribution in [0.25, 0.3) is 0 Å². The van der Waals surface area contributed by atoms with Crippen LogP contribution in [0.5, 0.6) is 0 Å². The number of carbonyl (C=O) groups excluding carboxylic acids is 1. The highest BCUT2D eigenvalue weighted by atomic mass is 16.6. The highest BCUT2D eigenvalue weighted by Crippen LogP contribution is 2.27. The highest BCUT2D eigenvalue weighted by molar-refractivity contribution is 5.87. The number of ether oxygens (including phenoxy) is 1. The number of hydrogen-bond donors (Lipinski definition) is 1. The number of hydrogen-bond acceptors (Lipinski definition) is 3. The van der Waals surface area contributed by atoms with Gasteiger partial charge in [0, 0.05) is 5.57 Å². The first-order valence-electron chi connectivity index (χ1n) is 5.84. The summed E-state index contributed by atoms with van der Waals surface area (Å²) in [6.45, 7) is 10.3. The summed E-state index contributed by atoms with van der Waals surface area (Å²) in [4.78, 5) is 22.6. The van der Waals surface area contributed by atoms with Crippen LogP contribution in [-0.2, 0) is 14.3 Å². The van der Waals surface area contributed by atoms with Gasteiger partial charge in [0.2, 0.25) is 0 Å². The van der Waals surface area contributed by atoms with Crippen molar-refractivity contribution in [1.29, 1.82) is 0 Å². The largest absolute Gasteiger partial charge is 0.481 e. The smallest absolute Gasteiger partial charge is 0.333 e. The maximum atomic E-state index is 11.4. The molecule has 1 unspecified atom stereocenters. The van der Waals surface area contributed by atoms with Gasteiger partial charge in [-0.05, 0) is 27.2 Å². The molecule has 0 amide bonds. The molecule has 0 aliphatic carbocycles. The summed E-state index contributed by atoms with van der Waals surface area (Å²) in [7, 11) is 0. The fourth-order valence-electron chi connectivity index (χ4n) is 1.57. The number of aliphatic carboxylic acids is 1. The van der Waals surface area contributed by atoms with Crippen LogP contribution >= 0.6 is 0 Å². The Labute approximate surface area is 103 Å². The molecule has 17 heavy (non-hydrogen) atoms. The predicted molar refractivity (Wildman–Crippen MR) is 65.6 cm³/mol. The third-order valence-electron chi connectivity index (χ3n) is 2.69. The minimum atomic E-state index is -1.02. The van der Waals surface area contributed by atoms with Gasteiger partial charge in [-0.2, -0.15) is 0 Å². The first-order chi connectivity index (χ1) is 7.72. The molecule has 0 rings (SSSR count). The summed E-state index contributed by atoms with van der Waals surface area (Å²) in [5.41, 5.74) is -0.741. The normalized spacial score (nSPS) is 12.9. The van der Waals surface area contributed by atoms with Gasteiger partial charge in [0.05, 0.1) is 5.92 Å². The molecule has 0 saturated carbocycles. The molecular formula is C13H22O4. The molecule has 0 heterocycles. The van der Waals surface area contributed by atoms with E-state index in [1.165, 1.54) is 0 Å². The molecule has 0 radical (unpaired) electrons. The van der Waals surface area contributed by atoms with Crippen LogP contribution in [0.15, 0.2) is 12.2 Å². The van der Waals surface area contributed by atoms with E-state index >= 15 is 0 Å². The zero-order valence-corrected chi connectivity index (χ0v) is 11.1. The summed E-state index contributed by atoms with van der Waals surface area (Å²) >= 11 is 0. The van der Waals surface area contributed by atoms with Crippen molar-refractivity contribution in [3.05, 3.63) is 12.2 Å². The van der Waals surface area contributed by atoms with Crippen LogP contribution < -0.4 is 0 Å². The summed E-state index contributed by atoms with van der Waals surface area (Å²) < 4.78 is 5.20. The van der Waals surface area contributed by atoms with Gasteiger partial charge < -0.3 is 9.84 Å². The van der Waals surface area contributed by atoms with Crippen molar-refractivity contribution in [2.75, 3.05) is 0 Å². The molecule has 4 heteroatoms. The van der Waals surface area contributed by atoms with E-state index in [4.69, 9.17) is 4.74 Å². The van der Waals surface area contributed by atoms with E-state index in [2.05, 4.69) is 6.58 Å². The minimum absolute atomic E-state index is 0.276. The van der Waals surface area contributed by atoms with Gasteiger partial charge in [-0.3, -0.25) is 4.79 Å². The molecule has 4 nitrogen and oxygen atoms in total. The van der Waals surface area contributed by atoms with E-state index in [1.54, 1.807) is 20.8 Å². The average Bonchev–Trinajstić information content (AvgIpc) is 2.16. The highest BCUT2D eigenvalue weighted by Gasteiger charge is 2.38. The van der Waals surface area contributed by atoms with Crippen molar-refractivity contribution in [1.82, 2.24) is 0 Å². The molecule has 0 spiro atoms. The number of rotatable bonds is 7. The second-order valence-corrected chi connectivity index (χ2v) is 4.81. The zero-order valence-electron chi connectivity index (χ0n) is 11.1. The SMILES string of the molecule is C=C(C)C(=O)OC(C)(C)C(CCCC)C(=O)O. The lowest BCUT2D eigenvalue weighted by Crippen LogP contribution is -2.41. The van der Waals surface area contributed by atoms with Gasteiger partial charge in [0.1, 0.15) is 5.60 Å². The number of carboxylic acids is 1. The molecular weight excluding hydrogens is 220 g/mol. The number of carbonyl (C=O) groups is 2. The average molecular weight is 242 g/mol. The Morgan fingerprint density at radius 3 is 2.29 bits per heavy atom. The molecule has 1 atom stereocenters. The molecule has 1 N–H and O–H groups in total. The van der Waals surface area contributed by atoms with Gasteiger partial charge >= 0.3 is 11.9 Å². The molecule has 0 aromatic heterocycles. The monoisotopic (exact) mass is 242 g/mol. The summed E-state index contributed by atoms with van der Waals surface area (Å²) in [5.74, 6) is -2.17. The molecule has 0 fully saturated rings. The number of carboxylic acid groups (broad SMARTS) is 1. The Morgan fingerprint density at radius 2 is 1.94 bits per heavy atom. The maximum absolute atomic E-state index is 11.4. The van der Waals surface area contributed by atoms with Gasteiger partial charge in [-0.25, -0.2) is 4.79 Å². The summed E-state index contributed by atoms with van der Waals surface area (Å²) in [6.07, 6.45) is 2.21. The molecule has 98 valence electrons. The predicted octanol–water partition coefficient (Wildman–Crippen LogP) is 2.78. The Bertz CT molecular complexity index is 305. The Kier molecular flexibility index (Phi) is 5.93. The van der Waals surface area contributed by atoms with Crippen molar-refractivity contribution >= 4 is 11.9 Å². The molecule has 0 aliphatic rings. The van der Waals surface area contributed by atoms with Crippen molar-refractivity contribution in [2.45, 2.75) is 52.6 Å². The van der Waals surface area contributed by atoms with Crippen molar-refractivity contribution in [2.24, 2.45) is 5.92 Å². The topological polar surface area (TPSA) is 63.6 Å². The van der Waals surface area contributed by atoms with Gasteiger partial charge in [0.15, 0.2) is 0 Å². The molecule has 0 bridgehead atoms. The maximum Gasteiger partial charge on any atom is 0.333 e. The van der Waals surface area contributed by atoms with Crippen LogP contribution in [0.2, 0.25) is 0 Å². The number of unbranched alkanes of at least 4 members (excludes halogenated alkanes) is 1. The fraction of sp³-hybridized carbons (Fsp3) is 0.692. The Balaban J connectivity index is 4.76. The third-order valence-corrected chi connectivity index (χ3v) is 2.69. The lowest BCUT2D eigenvalue weighted by atomic mass is 9.86.